The van der Waals surface area contributed by atoms with Crippen LogP contribution < -0.4 is 9.47 Å². The van der Waals surface area contributed by atoms with Crippen LogP contribution in [0.2, 0.25) is 5.02 Å². The monoisotopic (exact) mass is 301 g/mol. The Morgan fingerprint density at radius 1 is 1.05 bits per heavy atom. The second-order valence-corrected chi connectivity index (χ2v) is 4.93. The third-order valence-corrected chi connectivity index (χ3v) is 3.22. The lowest BCUT2D eigenvalue weighted by molar-refractivity contribution is 0.301. The van der Waals surface area contributed by atoms with Gasteiger partial charge in [0.2, 0.25) is 0 Å². The Hall–Kier alpha value is -2.18. The summed E-state index contributed by atoms with van der Waals surface area (Å²) in [6.07, 6.45) is 0.982. The molecule has 0 saturated carbocycles. The van der Waals surface area contributed by atoms with Gasteiger partial charge in [-0.25, -0.2) is 0 Å². The van der Waals surface area contributed by atoms with Gasteiger partial charge in [-0.2, -0.15) is 5.26 Å². The number of nitriles is 1. The Balaban J connectivity index is 1.95. The van der Waals surface area contributed by atoms with Crippen LogP contribution in [0.4, 0.5) is 0 Å². The van der Waals surface area contributed by atoms with Crippen molar-refractivity contribution in [1.29, 1.82) is 5.26 Å². The second kappa shape index (κ2) is 7.56. The van der Waals surface area contributed by atoms with Crippen LogP contribution in [0.25, 0.3) is 0 Å². The smallest absolute Gasteiger partial charge is 0.120 e. The summed E-state index contributed by atoms with van der Waals surface area (Å²) in [5, 5.41) is 9.34. The van der Waals surface area contributed by atoms with Gasteiger partial charge in [-0.3, -0.25) is 0 Å². The first-order valence-corrected chi connectivity index (χ1v) is 7.15. The molecule has 108 valence electrons. The van der Waals surface area contributed by atoms with Gasteiger partial charge in [0.1, 0.15) is 18.1 Å². The highest BCUT2D eigenvalue weighted by Gasteiger charge is 2.03. The van der Waals surface area contributed by atoms with Crippen molar-refractivity contribution < 1.29 is 9.47 Å². The van der Waals surface area contributed by atoms with Crippen LogP contribution >= 0.6 is 11.6 Å². The molecule has 0 aliphatic carbocycles. The molecule has 2 aromatic carbocycles. The van der Waals surface area contributed by atoms with Gasteiger partial charge in [0.15, 0.2) is 0 Å². The summed E-state index contributed by atoms with van der Waals surface area (Å²) in [6, 6.07) is 14.7. The molecule has 0 aliphatic rings. The zero-order valence-electron chi connectivity index (χ0n) is 11.8. The van der Waals surface area contributed by atoms with E-state index in [4.69, 9.17) is 26.3 Å². The van der Waals surface area contributed by atoms with E-state index in [9.17, 15) is 0 Å². The number of ether oxygens (including phenoxy) is 2. The molecule has 0 amide bonds. The first-order valence-electron chi connectivity index (χ1n) is 6.77. The predicted molar refractivity (Wildman–Crippen MR) is 82.7 cm³/mol. The third kappa shape index (κ3) is 4.40. The van der Waals surface area contributed by atoms with E-state index in [0.29, 0.717) is 23.8 Å². The van der Waals surface area contributed by atoms with Gasteiger partial charge >= 0.3 is 0 Å². The standard InChI is InChI=1S/C17H16ClNO2/c1-2-9-20-15-5-7-16(8-6-15)21-12-14-4-3-13(11-19)10-17(14)18/h3-8,10H,2,9,12H2,1H3. The largest absolute Gasteiger partial charge is 0.494 e. The number of hydrogen-bond acceptors (Lipinski definition) is 3. The Bertz CT molecular complexity index is 632. The SMILES string of the molecule is CCCOc1ccc(OCc2ccc(C#N)cc2Cl)cc1. The molecule has 0 atom stereocenters. The van der Waals surface area contributed by atoms with Gasteiger partial charge in [0, 0.05) is 10.6 Å². The number of hydrogen-bond donors (Lipinski definition) is 0. The second-order valence-electron chi connectivity index (χ2n) is 4.53. The highest BCUT2D eigenvalue weighted by molar-refractivity contribution is 6.31. The summed E-state index contributed by atoms with van der Waals surface area (Å²) in [6.45, 7) is 3.14. The van der Waals surface area contributed by atoms with E-state index in [2.05, 4.69) is 13.0 Å². The first-order chi connectivity index (χ1) is 10.2. The molecule has 0 fully saturated rings. The fraction of sp³-hybridized carbons (Fsp3) is 0.235. The van der Waals surface area contributed by atoms with E-state index >= 15 is 0 Å². The molecule has 2 aromatic rings. The molecule has 2 rings (SSSR count). The van der Waals surface area contributed by atoms with E-state index in [1.165, 1.54) is 0 Å². The Morgan fingerprint density at radius 3 is 2.29 bits per heavy atom. The molecule has 0 heterocycles. The van der Waals surface area contributed by atoms with Gasteiger partial charge in [0.25, 0.3) is 0 Å². The summed E-state index contributed by atoms with van der Waals surface area (Å²) in [5.41, 5.74) is 1.39. The minimum Gasteiger partial charge on any atom is -0.494 e. The molecule has 0 saturated heterocycles. The molecular weight excluding hydrogens is 286 g/mol. The number of nitrogens with zero attached hydrogens (tertiary/aromatic N) is 1. The Kier molecular flexibility index (Phi) is 5.48. The van der Waals surface area contributed by atoms with Crippen molar-refractivity contribution in [2.75, 3.05) is 6.61 Å². The zero-order valence-corrected chi connectivity index (χ0v) is 12.6. The molecule has 4 heteroatoms. The van der Waals surface area contributed by atoms with Crippen LogP contribution in [-0.2, 0) is 6.61 Å². The molecule has 3 nitrogen and oxygen atoms in total. The van der Waals surface area contributed by atoms with Crippen molar-refractivity contribution >= 4 is 11.6 Å². The predicted octanol–water partition coefficient (Wildman–Crippen LogP) is 4.58. The molecule has 0 radical (unpaired) electrons. The highest BCUT2D eigenvalue weighted by Crippen LogP contribution is 2.22. The lowest BCUT2D eigenvalue weighted by Crippen LogP contribution is -1.97. The highest BCUT2D eigenvalue weighted by atomic mass is 35.5. The van der Waals surface area contributed by atoms with Crippen LogP contribution in [0.5, 0.6) is 11.5 Å². The minimum absolute atomic E-state index is 0.361. The Morgan fingerprint density at radius 2 is 1.71 bits per heavy atom. The molecule has 21 heavy (non-hydrogen) atoms. The van der Waals surface area contributed by atoms with Crippen LogP contribution in [0.15, 0.2) is 42.5 Å². The third-order valence-electron chi connectivity index (χ3n) is 2.87. The number of benzene rings is 2. The van der Waals surface area contributed by atoms with Crippen LogP contribution in [-0.4, -0.2) is 6.61 Å². The lowest BCUT2D eigenvalue weighted by atomic mass is 10.1. The van der Waals surface area contributed by atoms with E-state index in [1.54, 1.807) is 18.2 Å². The topological polar surface area (TPSA) is 42.2 Å². The normalized spacial score (nSPS) is 9.95. The fourth-order valence-electron chi connectivity index (χ4n) is 1.75. The van der Waals surface area contributed by atoms with Crippen molar-refractivity contribution in [1.82, 2.24) is 0 Å². The molecule has 0 aromatic heterocycles. The maximum Gasteiger partial charge on any atom is 0.120 e. The average Bonchev–Trinajstić information content (AvgIpc) is 2.52. The van der Waals surface area contributed by atoms with Crippen LogP contribution in [0.3, 0.4) is 0 Å². The Labute approximate surface area is 129 Å². The summed E-state index contributed by atoms with van der Waals surface area (Å²) >= 11 is 6.11. The lowest BCUT2D eigenvalue weighted by Gasteiger charge is -2.09. The zero-order chi connectivity index (χ0) is 15.1. The number of halogens is 1. The molecule has 0 unspecified atom stereocenters. The maximum absolute atomic E-state index is 8.80. The van der Waals surface area contributed by atoms with Gasteiger partial charge in [-0.1, -0.05) is 24.6 Å². The van der Waals surface area contributed by atoms with Crippen LogP contribution in [0, 0.1) is 11.3 Å². The average molecular weight is 302 g/mol. The molecule has 0 bridgehead atoms. The van der Waals surface area contributed by atoms with E-state index in [-0.39, 0.29) is 0 Å². The molecule has 0 spiro atoms. The van der Waals surface area contributed by atoms with Crippen molar-refractivity contribution in [3.8, 4) is 17.6 Å². The van der Waals surface area contributed by atoms with Crippen molar-refractivity contribution in [2.24, 2.45) is 0 Å². The fourth-order valence-corrected chi connectivity index (χ4v) is 1.98. The van der Waals surface area contributed by atoms with E-state index in [0.717, 1.165) is 23.5 Å². The van der Waals surface area contributed by atoms with Gasteiger partial charge in [-0.05, 0) is 42.8 Å². The molecular formula is C17H16ClNO2. The van der Waals surface area contributed by atoms with Crippen molar-refractivity contribution in [3.63, 3.8) is 0 Å². The quantitative estimate of drug-likeness (QED) is 0.784. The van der Waals surface area contributed by atoms with E-state index < -0.39 is 0 Å². The molecule has 0 aliphatic heterocycles. The summed E-state index contributed by atoms with van der Waals surface area (Å²) < 4.78 is 11.2. The van der Waals surface area contributed by atoms with Gasteiger partial charge < -0.3 is 9.47 Å². The van der Waals surface area contributed by atoms with E-state index in [1.807, 2.05) is 24.3 Å². The van der Waals surface area contributed by atoms with Gasteiger partial charge in [0.05, 0.1) is 18.2 Å². The first kappa shape index (κ1) is 15.2. The van der Waals surface area contributed by atoms with Crippen LogP contribution in [0.1, 0.15) is 24.5 Å². The maximum atomic E-state index is 8.80. The van der Waals surface area contributed by atoms with Crippen molar-refractivity contribution in [3.05, 3.63) is 58.6 Å². The minimum atomic E-state index is 0.361. The molecule has 0 N–H and O–H groups in total. The summed E-state index contributed by atoms with van der Waals surface area (Å²) in [7, 11) is 0. The number of rotatable bonds is 6. The summed E-state index contributed by atoms with van der Waals surface area (Å²) in [5.74, 6) is 1.58. The van der Waals surface area contributed by atoms with Crippen molar-refractivity contribution in [2.45, 2.75) is 20.0 Å². The van der Waals surface area contributed by atoms with Gasteiger partial charge in [-0.15, -0.1) is 0 Å². The summed E-state index contributed by atoms with van der Waals surface area (Å²) in [4.78, 5) is 0.